The molecule has 1 saturated carbocycles. The van der Waals surface area contributed by atoms with Crippen molar-refractivity contribution in [2.24, 2.45) is 0 Å². The number of nitrogens with zero attached hydrogens (tertiary/aromatic N) is 1. The Morgan fingerprint density at radius 2 is 1.94 bits per heavy atom. The van der Waals surface area contributed by atoms with E-state index in [0.717, 1.165) is 25.2 Å². The Kier molecular flexibility index (Phi) is 3.41. The standard InChI is InChI=1S/C15H23N3/c1-16-12-6-8-13(9-7-12)18-11-10-17-14-4-2-3-5-15(14)18/h2-5,12-13,16-17H,6-11H2,1H3. The molecule has 3 heteroatoms. The van der Waals surface area contributed by atoms with Gasteiger partial charge in [0, 0.05) is 25.2 Å². The zero-order valence-corrected chi connectivity index (χ0v) is 11.2. The predicted molar refractivity (Wildman–Crippen MR) is 77.4 cm³/mol. The van der Waals surface area contributed by atoms with Crippen LogP contribution in [-0.2, 0) is 0 Å². The highest BCUT2D eigenvalue weighted by Crippen LogP contribution is 2.34. The molecule has 0 atom stereocenters. The Hall–Kier alpha value is -1.22. The number of benzene rings is 1. The number of hydrogen-bond donors (Lipinski definition) is 2. The van der Waals surface area contributed by atoms with E-state index in [2.05, 4.69) is 46.8 Å². The molecule has 18 heavy (non-hydrogen) atoms. The molecule has 3 nitrogen and oxygen atoms in total. The number of hydrogen-bond acceptors (Lipinski definition) is 3. The van der Waals surface area contributed by atoms with E-state index in [1.165, 1.54) is 37.1 Å². The lowest BCUT2D eigenvalue weighted by Crippen LogP contribution is -2.45. The van der Waals surface area contributed by atoms with Crippen LogP contribution in [0.4, 0.5) is 11.4 Å². The summed E-state index contributed by atoms with van der Waals surface area (Å²) in [6, 6.07) is 10.2. The molecule has 1 aromatic carbocycles. The molecular formula is C15H23N3. The van der Waals surface area contributed by atoms with E-state index in [9.17, 15) is 0 Å². The molecule has 0 unspecified atom stereocenters. The van der Waals surface area contributed by atoms with Crippen LogP contribution in [0.15, 0.2) is 24.3 Å². The average Bonchev–Trinajstić information content (AvgIpc) is 2.47. The third-order valence-corrected chi connectivity index (χ3v) is 4.43. The van der Waals surface area contributed by atoms with Crippen LogP contribution in [0.3, 0.4) is 0 Å². The number of anilines is 2. The summed E-state index contributed by atoms with van der Waals surface area (Å²) in [7, 11) is 2.09. The summed E-state index contributed by atoms with van der Waals surface area (Å²) in [6.07, 6.45) is 5.26. The Morgan fingerprint density at radius 1 is 1.17 bits per heavy atom. The zero-order chi connectivity index (χ0) is 12.4. The number of rotatable bonds is 2. The molecule has 0 aromatic heterocycles. The summed E-state index contributed by atoms with van der Waals surface area (Å²) in [5.41, 5.74) is 2.70. The van der Waals surface area contributed by atoms with Gasteiger partial charge in [-0.2, -0.15) is 0 Å². The minimum Gasteiger partial charge on any atom is -0.382 e. The van der Waals surface area contributed by atoms with Crippen LogP contribution < -0.4 is 15.5 Å². The van der Waals surface area contributed by atoms with Gasteiger partial charge < -0.3 is 15.5 Å². The zero-order valence-electron chi connectivity index (χ0n) is 11.2. The first kappa shape index (κ1) is 11.8. The summed E-state index contributed by atoms with van der Waals surface area (Å²) < 4.78 is 0. The Morgan fingerprint density at radius 3 is 2.72 bits per heavy atom. The minimum absolute atomic E-state index is 0.734. The van der Waals surface area contributed by atoms with Crippen LogP contribution in [-0.4, -0.2) is 32.2 Å². The molecule has 2 N–H and O–H groups in total. The Bertz CT molecular complexity index is 396. The Labute approximate surface area is 110 Å². The van der Waals surface area contributed by atoms with Gasteiger partial charge >= 0.3 is 0 Å². The molecule has 1 aromatic rings. The second-order valence-electron chi connectivity index (χ2n) is 5.43. The largest absolute Gasteiger partial charge is 0.382 e. The lowest BCUT2D eigenvalue weighted by Gasteiger charge is -2.41. The van der Waals surface area contributed by atoms with Crippen LogP contribution in [0.25, 0.3) is 0 Å². The monoisotopic (exact) mass is 245 g/mol. The quantitative estimate of drug-likeness (QED) is 0.838. The number of para-hydroxylation sites is 2. The van der Waals surface area contributed by atoms with Gasteiger partial charge in [-0.05, 0) is 44.9 Å². The van der Waals surface area contributed by atoms with Crippen LogP contribution in [0.2, 0.25) is 0 Å². The highest BCUT2D eigenvalue weighted by atomic mass is 15.2. The van der Waals surface area contributed by atoms with Crippen molar-refractivity contribution in [3.8, 4) is 0 Å². The molecule has 0 amide bonds. The molecule has 98 valence electrons. The van der Waals surface area contributed by atoms with Crippen molar-refractivity contribution in [1.29, 1.82) is 0 Å². The lowest BCUT2D eigenvalue weighted by atomic mass is 9.89. The van der Waals surface area contributed by atoms with Crippen molar-refractivity contribution in [3.05, 3.63) is 24.3 Å². The lowest BCUT2D eigenvalue weighted by molar-refractivity contribution is 0.345. The van der Waals surface area contributed by atoms with Crippen LogP contribution in [0.1, 0.15) is 25.7 Å². The fraction of sp³-hybridized carbons (Fsp3) is 0.600. The van der Waals surface area contributed by atoms with Crippen molar-refractivity contribution in [2.45, 2.75) is 37.8 Å². The third-order valence-electron chi connectivity index (χ3n) is 4.43. The summed E-state index contributed by atoms with van der Waals surface area (Å²) in [5.74, 6) is 0. The summed E-state index contributed by atoms with van der Waals surface area (Å²) in [6.45, 7) is 2.22. The second-order valence-corrected chi connectivity index (χ2v) is 5.43. The maximum Gasteiger partial charge on any atom is 0.0605 e. The van der Waals surface area contributed by atoms with Crippen LogP contribution in [0, 0.1) is 0 Å². The summed E-state index contributed by atoms with van der Waals surface area (Å²) in [5, 5.41) is 6.91. The normalized spacial score (nSPS) is 27.5. The van der Waals surface area contributed by atoms with Crippen molar-refractivity contribution in [1.82, 2.24) is 5.32 Å². The van der Waals surface area contributed by atoms with Crippen LogP contribution in [0.5, 0.6) is 0 Å². The van der Waals surface area contributed by atoms with Crippen LogP contribution >= 0.6 is 0 Å². The van der Waals surface area contributed by atoms with Gasteiger partial charge in [-0.15, -0.1) is 0 Å². The first-order valence-electron chi connectivity index (χ1n) is 7.15. The van der Waals surface area contributed by atoms with Gasteiger partial charge in [-0.1, -0.05) is 12.1 Å². The highest BCUT2D eigenvalue weighted by Gasteiger charge is 2.27. The molecule has 3 rings (SSSR count). The van der Waals surface area contributed by atoms with Gasteiger partial charge in [0.2, 0.25) is 0 Å². The molecular weight excluding hydrogens is 222 g/mol. The first-order valence-corrected chi connectivity index (χ1v) is 7.15. The smallest absolute Gasteiger partial charge is 0.0605 e. The van der Waals surface area contributed by atoms with E-state index in [0.29, 0.717) is 0 Å². The maximum atomic E-state index is 3.50. The fourth-order valence-electron chi connectivity index (χ4n) is 3.36. The van der Waals surface area contributed by atoms with Crippen molar-refractivity contribution >= 4 is 11.4 Å². The van der Waals surface area contributed by atoms with E-state index in [1.54, 1.807) is 0 Å². The molecule has 1 aliphatic heterocycles. The SMILES string of the molecule is CNC1CCC(N2CCNc3ccccc32)CC1. The third kappa shape index (κ3) is 2.19. The van der Waals surface area contributed by atoms with E-state index in [-0.39, 0.29) is 0 Å². The number of nitrogens with one attached hydrogen (secondary N) is 2. The average molecular weight is 245 g/mol. The van der Waals surface area contributed by atoms with Gasteiger partial charge in [-0.25, -0.2) is 0 Å². The second kappa shape index (κ2) is 5.19. The molecule has 0 bridgehead atoms. The van der Waals surface area contributed by atoms with E-state index < -0.39 is 0 Å². The number of fused-ring (bicyclic) bond motifs is 1. The molecule has 0 radical (unpaired) electrons. The molecule has 1 heterocycles. The van der Waals surface area contributed by atoms with Gasteiger partial charge in [-0.3, -0.25) is 0 Å². The van der Waals surface area contributed by atoms with Gasteiger partial charge in [0.1, 0.15) is 0 Å². The first-order chi connectivity index (χ1) is 8.88. The molecule has 1 fully saturated rings. The maximum absolute atomic E-state index is 3.50. The van der Waals surface area contributed by atoms with Crippen molar-refractivity contribution in [2.75, 3.05) is 30.4 Å². The van der Waals surface area contributed by atoms with E-state index >= 15 is 0 Å². The van der Waals surface area contributed by atoms with E-state index in [4.69, 9.17) is 0 Å². The van der Waals surface area contributed by atoms with Crippen molar-refractivity contribution in [3.63, 3.8) is 0 Å². The molecule has 1 aliphatic carbocycles. The van der Waals surface area contributed by atoms with Crippen molar-refractivity contribution < 1.29 is 0 Å². The predicted octanol–water partition coefficient (Wildman–Crippen LogP) is 2.45. The molecule has 2 aliphatic rings. The topological polar surface area (TPSA) is 27.3 Å². The van der Waals surface area contributed by atoms with Gasteiger partial charge in [0.05, 0.1) is 11.4 Å². The Balaban J connectivity index is 1.74. The molecule has 0 spiro atoms. The highest BCUT2D eigenvalue weighted by molar-refractivity contribution is 5.72. The fourth-order valence-corrected chi connectivity index (χ4v) is 3.36. The summed E-state index contributed by atoms with van der Waals surface area (Å²) >= 11 is 0. The molecule has 0 saturated heterocycles. The van der Waals surface area contributed by atoms with Gasteiger partial charge in [0.25, 0.3) is 0 Å². The summed E-state index contributed by atoms with van der Waals surface area (Å²) in [4.78, 5) is 2.62. The van der Waals surface area contributed by atoms with Gasteiger partial charge in [0.15, 0.2) is 0 Å². The minimum atomic E-state index is 0.734. The van der Waals surface area contributed by atoms with E-state index in [1.807, 2.05) is 0 Å².